The molecular weight excluding hydrogens is 226 g/mol. The number of cyclic esters (lactones) is 1. The van der Waals surface area contributed by atoms with E-state index in [4.69, 9.17) is 9.84 Å². The Balaban J connectivity index is 2.15. The lowest BCUT2D eigenvalue weighted by Gasteiger charge is -2.12. The normalized spacial score (nSPS) is 20.0. The van der Waals surface area contributed by atoms with E-state index in [0.717, 1.165) is 10.6 Å². The van der Waals surface area contributed by atoms with E-state index >= 15 is 0 Å². The van der Waals surface area contributed by atoms with Crippen molar-refractivity contribution in [3.05, 3.63) is 24.3 Å². The van der Waals surface area contributed by atoms with E-state index in [9.17, 15) is 4.79 Å². The molecule has 1 N–H and O–H groups in total. The molecule has 1 saturated heterocycles. The van der Waals surface area contributed by atoms with E-state index in [0.29, 0.717) is 6.54 Å². The van der Waals surface area contributed by atoms with Gasteiger partial charge in [-0.05, 0) is 30.5 Å². The number of carbonyl (C=O) groups excluding carboxylic acids is 1. The van der Waals surface area contributed by atoms with Gasteiger partial charge in [0.25, 0.3) is 0 Å². The van der Waals surface area contributed by atoms with Crippen molar-refractivity contribution in [3.8, 4) is 0 Å². The van der Waals surface area contributed by atoms with Gasteiger partial charge in [-0.15, -0.1) is 11.8 Å². The Morgan fingerprint density at radius 2 is 2.19 bits per heavy atom. The van der Waals surface area contributed by atoms with Gasteiger partial charge in [0, 0.05) is 10.6 Å². The van der Waals surface area contributed by atoms with Crippen molar-refractivity contribution in [3.63, 3.8) is 0 Å². The van der Waals surface area contributed by atoms with Gasteiger partial charge in [0.15, 0.2) is 0 Å². The molecule has 1 atom stereocenters. The predicted molar refractivity (Wildman–Crippen MR) is 62.9 cm³/mol. The standard InChI is InChI=1S/C11H13NO3S/c1-16-10-4-2-8(3-5-10)12-6-9(7-13)15-11(12)14/h2-5,9,13H,6-7H2,1H3. The predicted octanol–water partition coefficient (Wildman–Crippen LogP) is 1.73. The minimum Gasteiger partial charge on any atom is -0.441 e. The summed E-state index contributed by atoms with van der Waals surface area (Å²) in [5, 5.41) is 8.92. The lowest BCUT2D eigenvalue weighted by Crippen LogP contribution is -2.25. The molecule has 4 nitrogen and oxygen atoms in total. The molecule has 0 saturated carbocycles. The molecule has 0 aromatic heterocycles. The number of rotatable bonds is 3. The van der Waals surface area contributed by atoms with Crippen LogP contribution in [-0.2, 0) is 4.74 Å². The van der Waals surface area contributed by atoms with Crippen LogP contribution in [0.1, 0.15) is 0 Å². The summed E-state index contributed by atoms with van der Waals surface area (Å²) in [6.45, 7) is 0.277. The summed E-state index contributed by atoms with van der Waals surface area (Å²) in [4.78, 5) is 14.2. The zero-order valence-electron chi connectivity index (χ0n) is 8.92. The molecule has 0 radical (unpaired) electrons. The van der Waals surface area contributed by atoms with E-state index in [1.807, 2.05) is 30.5 Å². The maximum absolute atomic E-state index is 11.5. The highest BCUT2D eigenvalue weighted by atomic mass is 32.2. The molecule has 1 heterocycles. The quantitative estimate of drug-likeness (QED) is 0.816. The Kier molecular flexibility index (Phi) is 3.36. The fourth-order valence-electron chi connectivity index (χ4n) is 1.59. The number of aliphatic hydroxyl groups excluding tert-OH is 1. The third kappa shape index (κ3) is 2.15. The summed E-state index contributed by atoms with van der Waals surface area (Å²) < 4.78 is 4.97. The monoisotopic (exact) mass is 239 g/mol. The first-order valence-electron chi connectivity index (χ1n) is 4.97. The minimum atomic E-state index is -0.410. The maximum atomic E-state index is 11.5. The summed E-state index contributed by atoms with van der Waals surface area (Å²) in [7, 11) is 0. The number of nitrogens with zero attached hydrogens (tertiary/aromatic N) is 1. The Morgan fingerprint density at radius 3 is 2.69 bits per heavy atom. The van der Waals surface area contributed by atoms with E-state index in [-0.39, 0.29) is 6.61 Å². The van der Waals surface area contributed by atoms with Crippen molar-refractivity contribution in [2.45, 2.75) is 11.0 Å². The van der Waals surface area contributed by atoms with Crippen LogP contribution in [-0.4, -0.2) is 36.7 Å². The molecule has 1 fully saturated rings. The fraction of sp³-hybridized carbons (Fsp3) is 0.364. The smallest absolute Gasteiger partial charge is 0.414 e. The van der Waals surface area contributed by atoms with Crippen molar-refractivity contribution in [2.24, 2.45) is 0 Å². The van der Waals surface area contributed by atoms with E-state index in [2.05, 4.69) is 0 Å². The van der Waals surface area contributed by atoms with E-state index in [1.54, 1.807) is 11.8 Å². The number of anilines is 1. The first kappa shape index (κ1) is 11.3. The minimum absolute atomic E-state index is 0.134. The average Bonchev–Trinajstić information content (AvgIpc) is 2.71. The second-order valence-electron chi connectivity index (χ2n) is 3.50. The van der Waals surface area contributed by atoms with Gasteiger partial charge in [-0.2, -0.15) is 0 Å². The molecule has 0 bridgehead atoms. The zero-order chi connectivity index (χ0) is 11.5. The van der Waals surface area contributed by atoms with Crippen molar-refractivity contribution in [1.29, 1.82) is 0 Å². The van der Waals surface area contributed by atoms with Crippen molar-refractivity contribution >= 4 is 23.5 Å². The van der Waals surface area contributed by atoms with E-state index in [1.165, 1.54) is 4.90 Å². The molecule has 0 spiro atoms. The number of hydrogen-bond acceptors (Lipinski definition) is 4. The van der Waals surface area contributed by atoms with Crippen LogP contribution in [0.5, 0.6) is 0 Å². The molecular formula is C11H13NO3S. The maximum Gasteiger partial charge on any atom is 0.414 e. The Bertz CT molecular complexity index is 379. The SMILES string of the molecule is CSc1ccc(N2CC(CO)OC2=O)cc1. The van der Waals surface area contributed by atoms with Gasteiger partial charge in [-0.3, -0.25) is 4.90 Å². The highest BCUT2D eigenvalue weighted by molar-refractivity contribution is 7.98. The number of hydrogen-bond donors (Lipinski definition) is 1. The van der Waals surface area contributed by atoms with Crippen LogP contribution >= 0.6 is 11.8 Å². The van der Waals surface area contributed by atoms with Crippen LogP contribution in [0.2, 0.25) is 0 Å². The number of ether oxygens (including phenoxy) is 1. The van der Waals surface area contributed by atoms with Gasteiger partial charge in [-0.1, -0.05) is 0 Å². The van der Waals surface area contributed by atoms with Crippen molar-refractivity contribution < 1.29 is 14.6 Å². The van der Waals surface area contributed by atoms with Gasteiger partial charge in [-0.25, -0.2) is 4.79 Å². The number of thioether (sulfide) groups is 1. The number of amides is 1. The van der Waals surface area contributed by atoms with Gasteiger partial charge in [0.2, 0.25) is 0 Å². The third-order valence-corrected chi connectivity index (χ3v) is 3.21. The lowest BCUT2D eigenvalue weighted by molar-refractivity contribution is 0.0963. The summed E-state index contributed by atoms with van der Waals surface area (Å²) in [5.41, 5.74) is 0.804. The van der Waals surface area contributed by atoms with Gasteiger partial charge in [0.05, 0.1) is 13.2 Å². The largest absolute Gasteiger partial charge is 0.441 e. The van der Waals surface area contributed by atoms with Crippen molar-refractivity contribution in [2.75, 3.05) is 24.3 Å². The third-order valence-electron chi connectivity index (χ3n) is 2.46. The molecule has 0 aliphatic carbocycles. The Hall–Kier alpha value is -1.20. The first-order valence-corrected chi connectivity index (χ1v) is 6.20. The molecule has 2 rings (SSSR count). The van der Waals surface area contributed by atoms with Crippen molar-refractivity contribution in [1.82, 2.24) is 0 Å². The first-order chi connectivity index (χ1) is 7.74. The molecule has 5 heteroatoms. The molecule has 1 aromatic carbocycles. The highest BCUT2D eigenvalue weighted by Crippen LogP contribution is 2.24. The highest BCUT2D eigenvalue weighted by Gasteiger charge is 2.31. The number of benzene rings is 1. The summed E-state index contributed by atoms with van der Waals surface area (Å²) in [6.07, 6.45) is 1.20. The van der Waals surface area contributed by atoms with Crippen LogP contribution in [0.15, 0.2) is 29.2 Å². The number of carbonyl (C=O) groups is 1. The molecule has 1 aliphatic heterocycles. The number of aliphatic hydroxyl groups is 1. The summed E-state index contributed by atoms with van der Waals surface area (Å²) in [6, 6.07) is 7.68. The van der Waals surface area contributed by atoms with Gasteiger partial charge in [0.1, 0.15) is 6.10 Å². The van der Waals surface area contributed by atoms with Crippen LogP contribution in [0.25, 0.3) is 0 Å². The molecule has 1 unspecified atom stereocenters. The van der Waals surface area contributed by atoms with Crippen LogP contribution < -0.4 is 4.90 Å². The van der Waals surface area contributed by atoms with Crippen LogP contribution in [0.3, 0.4) is 0 Å². The Morgan fingerprint density at radius 1 is 1.50 bits per heavy atom. The average molecular weight is 239 g/mol. The van der Waals surface area contributed by atoms with Gasteiger partial charge >= 0.3 is 6.09 Å². The van der Waals surface area contributed by atoms with Gasteiger partial charge < -0.3 is 9.84 Å². The second kappa shape index (κ2) is 4.76. The summed E-state index contributed by atoms with van der Waals surface area (Å²) in [5.74, 6) is 0. The van der Waals surface area contributed by atoms with Crippen LogP contribution in [0, 0.1) is 0 Å². The zero-order valence-corrected chi connectivity index (χ0v) is 9.74. The second-order valence-corrected chi connectivity index (χ2v) is 4.38. The molecule has 1 aromatic rings. The topological polar surface area (TPSA) is 49.8 Å². The molecule has 86 valence electrons. The lowest BCUT2D eigenvalue weighted by atomic mass is 10.3. The van der Waals surface area contributed by atoms with E-state index < -0.39 is 12.2 Å². The fourth-order valence-corrected chi connectivity index (χ4v) is 2.00. The van der Waals surface area contributed by atoms with Crippen LogP contribution in [0.4, 0.5) is 10.5 Å². The summed E-state index contributed by atoms with van der Waals surface area (Å²) >= 11 is 1.65. The molecule has 16 heavy (non-hydrogen) atoms. The molecule has 1 amide bonds. The molecule has 1 aliphatic rings. The Labute approximate surface area is 98.2 Å².